The molecule has 0 spiro atoms. The number of nitrogens with zero attached hydrogens (tertiary/aromatic N) is 4. The maximum Gasteiger partial charge on any atom is 0.223 e. The highest BCUT2D eigenvalue weighted by Gasteiger charge is 2.34. The van der Waals surface area contributed by atoms with E-state index in [1.807, 2.05) is 33.8 Å². The number of aryl methyl sites for hydroxylation is 1. The predicted molar refractivity (Wildman–Crippen MR) is 98.2 cm³/mol. The van der Waals surface area contributed by atoms with Gasteiger partial charge >= 0.3 is 0 Å². The molecule has 1 saturated carbocycles. The fourth-order valence-corrected chi connectivity index (χ4v) is 3.24. The fourth-order valence-electron chi connectivity index (χ4n) is 3.24. The Morgan fingerprint density at radius 1 is 1.23 bits per heavy atom. The van der Waals surface area contributed by atoms with E-state index in [2.05, 4.69) is 23.4 Å². The van der Waals surface area contributed by atoms with Crippen LogP contribution in [0, 0.1) is 0 Å². The molecule has 1 aliphatic heterocycles. The van der Waals surface area contributed by atoms with Crippen LogP contribution >= 0.6 is 0 Å². The largest absolute Gasteiger partial charge is 0.494 e. The van der Waals surface area contributed by atoms with Crippen molar-refractivity contribution in [3.63, 3.8) is 0 Å². The van der Waals surface area contributed by atoms with E-state index in [0.717, 1.165) is 44.0 Å². The molecule has 6 nitrogen and oxygen atoms in total. The van der Waals surface area contributed by atoms with Gasteiger partial charge in [-0.1, -0.05) is 24.3 Å². The van der Waals surface area contributed by atoms with Gasteiger partial charge in [0, 0.05) is 31.6 Å². The monoisotopic (exact) mass is 354 g/mol. The van der Waals surface area contributed by atoms with Crippen molar-refractivity contribution in [2.24, 2.45) is 0 Å². The Morgan fingerprint density at radius 3 is 2.69 bits per heavy atom. The van der Waals surface area contributed by atoms with E-state index in [-0.39, 0.29) is 11.9 Å². The third-order valence-corrected chi connectivity index (χ3v) is 5.14. The molecule has 4 rings (SSSR count). The summed E-state index contributed by atoms with van der Waals surface area (Å²) in [6.07, 6.45) is 6.85. The Kier molecular flexibility index (Phi) is 4.91. The molecule has 2 aliphatic rings. The Bertz CT molecular complexity index is 745. The normalized spacial score (nSPS) is 17.2. The van der Waals surface area contributed by atoms with E-state index < -0.39 is 0 Å². The quantitative estimate of drug-likeness (QED) is 0.731. The van der Waals surface area contributed by atoms with Gasteiger partial charge in [-0.2, -0.15) is 0 Å². The van der Waals surface area contributed by atoms with Crippen LogP contribution in [0.2, 0.25) is 0 Å². The predicted octanol–water partition coefficient (Wildman–Crippen LogP) is 2.96. The highest BCUT2D eigenvalue weighted by atomic mass is 16.5. The molecule has 1 aromatic carbocycles. The smallest absolute Gasteiger partial charge is 0.223 e. The molecule has 1 aliphatic carbocycles. The van der Waals surface area contributed by atoms with Gasteiger partial charge in [0.05, 0.1) is 18.3 Å². The lowest BCUT2D eigenvalue weighted by Gasteiger charge is -2.39. The molecule has 0 unspecified atom stereocenters. The van der Waals surface area contributed by atoms with Crippen molar-refractivity contribution in [2.75, 3.05) is 19.7 Å². The second kappa shape index (κ2) is 7.48. The summed E-state index contributed by atoms with van der Waals surface area (Å²) in [5, 5.41) is 8.49. The molecule has 6 heteroatoms. The Morgan fingerprint density at radius 2 is 2.00 bits per heavy atom. The minimum Gasteiger partial charge on any atom is -0.494 e. The number of amides is 1. The van der Waals surface area contributed by atoms with Crippen molar-refractivity contribution >= 4 is 5.91 Å². The van der Waals surface area contributed by atoms with Crippen LogP contribution in [-0.2, 0) is 11.2 Å². The van der Waals surface area contributed by atoms with E-state index in [1.165, 1.54) is 18.4 Å². The molecular weight excluding hydrogens is 328 g/mol. The van der Waals surface area contributed by atoms with Crippen LogP contribution in [0.3, 0.4) is 0 Å². The second-order valence-electron chi connectivity index (χ2n) is 7.34. The summed E-state index contributed by atoms with van der Waals surface area (Å²) in [5.41, 5.74) is 2.28. The molecule has 2 heterocycles. The number of hydrogen-bond acceptors (Lipinski definition) is 4. The lowest BCUT2D eigenvalue weighted by atomic mass is 10.1. The number of benzene rings is 1. The third kappa shape index (κ3) is 3.89. The zero-order valence-corrected chi connectivity index (χ0v) is 15.3. The lowest BCUT2D eigenvalue weighted by Crippen LogP contribution is -2.51. The van der Waals surface area contributed by atoms with E-state index in [0.29, 0.717) is 12.3 Å². The summed E-state index contributed by atoms with van der Waals surface area (Å²) in [5.74, 6) is 1.74. The average molecular weight is 354 g/mol. The fraction of sp³-hybridized carbons (Fsp3) is 0.550. The first kappa shape index (κ1) is 17.1. The number of rotatable bonds is 8. The molecule has 0 radical (unpaired) electrons. The Hall–Kier alpha value is -2.37. The van der Waals surface area contributed by atoms with Gasteiger partial charge in [-0.25, -0.2) is 4.68 Å². The van der Waals surface area contributed by atoms with Gasteiger partial charge < -0.3 is 9.64 Å². The summed E-state index contributed by atoms with van der Waals surface area (Å²) in [4.78, 5) is 14.3. The van der Waals surface area contributed by atoms with E-state index >= 15 is 0 Å². The molecule has 138 valence electrons. The summed E-state index contributed by atoms with van der Waals surface area (Å²) >= 11 is 0. The van der Waals surface area contributed by atoms with Gasteiger partial charge in [0.25, 0.3) is 0 Å². The number of hydrogen-bond donors (Lipinski definition) is 0. The molecule has 2 fully saturated rings. The summed E-state index contributed by atoms with van der Waals surface area (Å²) in [6.45, 7) is 4.32. The maximum absolute atomic E-state index is 12.4. The zero-order chi connectivity index (χ0) is 17.9. The molecule has 1 aromatic heterocycles. The van der Waals surface area contributed by atoms with Crippen LogP contribution in [0.1, 0.15) is 55.8 Å². The van der Waals surface area contributed by atoms with Gasteiger partial charge in [0.1, 0.15) is 5.75 Å². The molecule has 0 atom stereocenters. The van der Waals surface area contributed by atoms with Gasteiger partial charge in [-0.3, -0.25) is 4.79 Å². The van der Waals surface area contributed by atoms with E-state index in [4.69, 9.17) is 4.74 Å². The topological polar surface area (TPSA) is 60.2 Å². The van der Waals surface area contributed by atoms with Crippen LogP contribution in [0.25, 0.3) is 0 Å². The number of aromatic nitrogens is 3. The first-order valence-electron chi connectivity index (χ1n) is 9.64. The summed E-state index contributed by atoms with van der Waals surface area (Å²) in [6, 6.07) is 8.35. The first-order chi connectivity index (χ1) is 12.7. The molecule has 0 N–H and O–H groups in total. The number of likely N-dealkylation sites (tertiary alicyclic amines) is 1. The lowest BCUT2D eigenvalue weighted by molar-refractivity contribution is -0.137. The van der Waals surface area contributed by atoms with Gasteiger partial charge in [0.2, 0.25) is 5.91 Å². The summed E-state index contributed by atoms with van der Waals surface area (Å²) in [7, 11) is 0. The van der Waals surface area contributed by atoms with Gasteiger partial charge in [-0.15, -0.1) is 5.10 Å². The molecular formula is C20H26N4O2. The van der Waals surface area contributed by atoms with Crippen LogP contribution in [0.15, 0.2) is 30.5 Å². The van der Waals surface area contributed by atoms with Crippen LogP contribution < -0.4 is 4.74 Å². The van der Waals surface area contributed by atoms with E-state index in [9.17, 15) is 4.79 Å². The van der Waals surface area contributed by atoms with Crippen LogP contribution in [0.5, 0.6) is 5.75 Å². The minimum absolute atomic E-state index is 0.218. The van der Waals surface area contributed by atoms with Crippen LogP contribution in [0.4, 0.5) is 0 Å². The highest BCUT2D eigenvalue weighted by Crippen LogP contribution is 2.39. The van der Waals surface area contributed by atoms with Crippen LogP contribution in [-0.4, -0.2) is 45.5 Å². The van der Waals surface area contributed by atoms with Crippen molar-refractivity contribution in [1.82, 2.24) is 19.9 Å². The number of carbonyl (C=O) groups excluding carboxylic acids is 1. The maximum atomic E-state index is 12.4. The van der Waals surface area contributed by atoms with Gasteiger partial charge in [0.15, 0.2) is 0 Å². The first-order valence-corrected chi connectivity index (χ1v) is 9.64. The zero-order valence-electron chi connectivity index (χ0n) is 15.3. The minimum atomic E-state index is 0.218. The molecule has 2 aromatic rings. The molecule has 1 amide bonds. The standard InChI is InChI=1S/C20H26N4O2/c1-2-11-26-18-8-3-15(4-9-18)5-10-20(25)23-12-17(13-23)24-14-19(21-22-24)16-6-7-16/h3-4,8-9,14,16-17H,2,5-7,10-13H2,1H3. The average Bonchev–Trinajstić information content (AvgIpc) is 3.36. The van der Waals surface area contributed by atoms with E-state index in [1.54, 1.807) is 0 Å². The molecule has 0 bridgehead atoms. The van der Waals surface area contributed by atoms with Crippen molar-refractivity contribution in [2.45, 2.75) is 51.0 Å². The highest BCUT2D eigenvalue weighted by molar-refractivity contribution is 5.77. The number of carbonyl (C=O) groups is 1. The Balaban J connectivity index is 1.20. The van der Waals surface area contributed by atoms with Crippen molar-refractivity contribution in [3.8, 4) is 5.75 Å². The second-order valence-corrected chi connectivity index (χ2v) is 7.34. The van der Waals surface area contributed by atoms with Crippen molar-refractivity contribution in [1.29, 1.82) is 0 Å². The summed E-state index contributed by atoms with van der Waals surface area (Å²) < 4.78 is 7.52. The van der Waals surface area contributed by atoms with Crippen molar-refractivity contribution < 1.29 is 9.53 Å². The molecule has 26 heavy (non-hydrogen) atoms. The van der Waals surface area contributed by atoms with Gasteiger partial charge in [-0.05, 0) is 43.4 Å². The van der Waals surface area contributed by atoms with Crippen molar-refractivity contribution in [3.05, 3.63) is 41.7 Å². The SMILES string of the molecule is CCCOc1ccc(CCC(=O)N2CC(n3cc(C4CC4)nn3)C2)cc1. The number of ether oxygens (including phenoxy) is 1. The molecule has 1 saturated heterocycles. The Labute approximate surface area is 154 Å². The third-order valence-electron chi connectivity index (χ3n) is 5.14.